The highest BCUT2D eigenvalue weighted by Gasteiger charge is 2.67. The molecule has 5 rings (SSSR count). The van der Waals surface area contributed by atoms with E-state index in [4.69, 9.17) is 0 Å². The molecule has 1 aromatic carbocycles. The summed E-state index contributed by atoms with van der Waals surface area (Å²) in [6.07, 6.45) is 2.38. The predicted octanol–water partition coefficient (Wildman–Crippen LogP) is 1.97. The van der Waals surface area contributed by atoms with Crippen LogP contribution in [-0.2, 0) is 17.3 Å². The highest BCUT2D eigenvalue weighted by Crippen LogP contribution is 2.66. The quantitative estimate of drug-likeness (QED) is 0.728. The Balaban J connectivity index is 1.73. The highest BCUT2D eigenvalue weighted by atomic mass is 16.4. The first-order valence-corrected chi connectivity index (χ1v) is 8.69. The summed E-state index contributed by atoms with van der Waals surface area (Å²) in [5, 5.41) is 9.88. The number of carbonyl (C=O) groups excluding carboxylic acids is 1. The van der Waals surface area contributed by atoms with Gasteiger partial charge >= 0.3 is 5.97 Å². The Kier molecular flexibility index (Phi) is 2.87. The Labute approximate surface area is 153 Å². The number of fused-ring (bicyclic) bond motifs is 3. The number of nitrogens with one attached hydrogen (secondary N) is 1. The average molecular weight is 363 g/mol. The van der Waals surface area contributed by atoms with E-state index in [-0.39, 0.29) is 28.6 Å². The van der Waals surface area contributed by atoms with Gasteiger partial charge in [0.1, 0.15) is 11.2 Å². The molecule has 2 atom stereocenters. The molecule has 27 heavy (non-hydrogen) atoms. The van der Waals surface area contributed by atoms with Gasteiger partial charge in [-0.2, -0.15) is 0 Å². The number of hydrogen-bond donors (Lipinski definition) is 2. The maximum Gasteiger partial charge on any atom is 0.352 e. The number of carboxylic acids is 1. The number of H-pyrrole nitrogens is 1. The molecule has 136 valence electrons. The van der Waals surface area contributed by atoms with Gasteiger partial charge < -0.3 is 19.6 Å². The van der Waals surface area contributed by atoms with E-state index < -0.39 is 11.4 Å². The second kappa shape index (κ2) is 4.88. The second-order valence-corrected chi connectivity index (χ2v) is 7.39. The van der Waals surface area contributed by atoms with Crippen LogP contribution in [0.2, 0.25) is 0 Å². The number of benzene rings is 1. The third-order valence-corrected chi connectivity index (χ3v) is 5.99. The number of pyridine rings is 1. The topological polar surface area (TPSA) is 95.4 Å². The number of likely N-dealkylation sites (N-methyl/N-ethyl adjacent to an activating group) is 1. The summed E-state index contributed by atoms with van der Waals surface area (Å²) in [6.45, 7) is 0. The summed E-state index contributed by atoms with van der Waals surface area (Å²) in [5.74, 6) is -1.17. The normalized spacial score (nSPS) is 23.3. The molecule has 3 aromatic rings. The summed E-state index contributed by atoms with van der Waals surface area (Å²) < 4.78 is 1.45. The van der Waals surface area contributed by atoms with Gasteiger partial charge in [-0.05, 0) is 29.7 Å². The van der Waals surface area contributed by atoms with Crippen LogP contribution in [0.15, 0.2) is 41.3 Å². The van der Waals surface area contributed by atoms with Gasteiger partial charge in [0.25, 0.3) is 5.56 Å². The summed E-state index contributed by atoms with van der Waals surface area (Å²) in [4.78, 5) is 41.3. The third kappa shape index (κ3) is 1.83. The van der Waals surface area contributed by atoms with Gasteiger partial charge in [0, 0.05) is 37.3 Å². The van der Waals surface area contributed by atoms with Crippen LogP contribution in [-0.4, -0.2) is 33.6 Å². The van der Waals surface area contributed by atoms with Crippen LogP contribution in [0.3, 0.4) is 0 Å². The van der Waals surface area contributed by atoms with Gasteiger partial charge in [0.15, 0.2) is 0 Å². The first kappa shape index (κ1) is 15.9. The maximum atomic E-state index is 13.1. The Hall–Kier alpha value is -3.35. The molecule has 0 saturated heterocycles. The Morgan fingerprint density at radius 2 is 2.00 bits per heavy atom. The van der Waals surface area contributed by atoms with Gasteiger partial charge in [-0.25, -0.2) is 4.79 Å². The number of aromatic nitrogens is 2. The molecule has 0 bridgehead atoms. The molecule has 0 radical (unpaired) electrons. The molecule has 1 spiro atoms. The molecule has 3 heterocycles. The minimum Gasteiger partial charge on any atom is -0.477 e. The fourth-order valence-corrected chi connectivity index (χ4v) is 4.60. The Morgan fingerprint density at radius 3 is 2.74 bits per heavy atom. The van der Waals surface area contributed by atoms with Gasteiger partial charge in [0.2, 0.25) is 5.91 Å². The molecule has 7 nitrogen and oxygen atoms in total. The fourth-order valence-electron chi connectivity index (χ4n) is 4.60. The smallest absolute Gasteiger partial charge is 0.352 e. The van der Waals surface area contributed by atoms with E-state index >= 15 is 0 Å². The maximum absolute atomic E-state index is 13.1. The zero-order chi connectivity index (χ0) is 19.1. The number of aromatic carboxylic acids is 1. The molecular formula is C20H17N3O4. The predicted molar refractivity (Wildman–Crippen MR) is 99.4 cm³/mol. The van der Waals surface area contributed by atoms with Gasteiger partial charge in [-0.3, -0.25) is 9.59 Å². The standard InChI is InChI=1S/C20H17N3O4/c1-22-9-11(10-7-14(18(25)26)21-16(10)17(22)24)13-8-20(13)12-5-3-4-6-15(12)23(2)19(20)27/h3-7,9,13,21H,8H2,1-2H3,(H,25,26)/t13-,20-/m1/s1. The average Bonchev–Trinajstić information content (AvgIpc) is 3.17. The van der Waals surface area contributed by atoms with Crippen LogP contribution in [0.1, 0.15) is 34.0 Å². The lowest BCUT2D eigenvalue weighted by Crippen LogP contribution is -2.29. The molecule has 2 N–H and O–H groups in total. The molecule has 2 aliphatic rings. The molecular weight excluding hydrogens is 346 g/mol. The number of amides is 1. The zero-order valence-electron chi connectivity index (χ0n) is 14.8. The minimum atomic E-state index is -1.12. The molecule has 1 amide bonds. The van der Waals surface area contributed by atoms with Gasteiger partial charge in [-0.15, -0.1) is 0 Å². The lowest BCUT2D eigenvalue weighted by molar-refractivity contribution is -0.120. The first-order valence-electron chi connectivity index (χ1n) is 8.69. The van der Waals surface area contributed by atoms with Crippen LogP contribution >= 0.6 is 0 Å². The van der Waals surface area contributed by atoms with E-state index in [1.165, 1.54) is 10.6 Å². The van der Waals surface area contributed by atoms with Gasteiger partial charge in [0.05, 0.1) is 5.41 Å². The van der Waals surface area contributed by atoms with Crippen LogP contribution in [0, 0.1) is 0 Å². The van der Waals surface area contributed by atoms with Crippen molar-refractivity contribution in [3.63, 3.8) is 0 Å². The Bertz CT molecular complexity index is 1220. The number of hydrogen-bond acceptors (Lipinski definition) is 3. The van der Waals surface area contributed by atoms with E-state index in [0.717, 1.165) is 16.8 Å². The molecule has 0 unspecified atom stereocenters. The lowest BCUT2D eigenvalue weighted by atomic mass is 9.91. The molecule has 7 heteroatoms. The van der Waals surface area contributed by atoms with Crippen LogP contribution in [0.5, 0.6) is 0 Å². The Morgan fingerprint density at radius 1 is 1.26 bits per heavy atom. The number of nitrogens with zero attached hydrogens (tertiary/aromatic N) is 2. The summed E-state index contributed by atoms with van der Waals surface area (Å²) >= 11 is 0. The van der Waals surface area contributed by atoms with Gasteiger partial charge in [-0.1, -0.05) is 18.2 Å². The summed E-state index contributed by atoms with van der Waals surface area (Å²) in [5.41, 5.74) is 2.06. The summed E-state index contributed by atoms with van der Waals surface area (Å²) in [6, 6.07) is 9.25. The third-order valence-electron chi connectivity index (χ3n) is 5.99. The van der Waals surface area contributed by atoms with Crippen LogP contribution in [0.4, 0.5) is 5.69 Å². The van der Waals surface area contributed by atoms with E-state index in [0.29, 0.717) is 11.8 Å². The first-order chi connectivity index (χ1) is 12.9. The van der Waals surface area contributed by atoms with Crippen molar-refractivity contribution in [3.05, 3.63) is 63.7 Å². The van der Waals surface area contributed by atoms with Crippen molar-refractivity contribution < 1.29 is 14.7 Å². The largest absolute Gasteiger partial charge is 0.477 e. The van der Waals surface area contributed by atoms with Crippen molar-refractivity contribution in [2.45, 2.75) is 17.8 Å². The van der Waals surface area contributed by atoms with Crippen LogP contribution in [0.25, 0.3) is 10.9 Å². The number of anilines is 1. The minimum absolute atomic E-state index is 0.0282. The summed E-state index contributed by atoms with van der Waals surface area (Å²) in [7, 11) is 3.42. The van der Waals surface area contributed by atoms with E-state index in [1.807, 2.05) is 24.3 Å². The van der Waals surface area contributed by atoms with Crippen molar-refractivity contribution in [1.29, 1.82) is 0 Å². The molecule has 1 aliphatic carbocycles. The molecule has 1 aliphatic heterocycles. The zero-order valence-corrected chi connectivity index (χ0v) is 14.8. The van der Waals surface area contributed by atoms with Crippen molar-refractivity contribution in [1.82, 2.24) is 9.55 Å². The van der Waals surface area contributed by atoms with Crippen LogP contribution < -0.4 is 10.5 Å². The number of para-hydroxylation sites is 1. The fraction of sp³-hybridized carbons (Fsp3) is 0.250. The van der Waals surface area contributed by atoms with Crippen molar-refractivity contribution in [3.8, 4) is 0 Å². The molecule has 1 saturated carbocycles. The van der Waals surface area contributed by atoms with E-state index in [9.17, 15) is 19.5 Å². The molecule has 1 fully saturated rings. The van der Waals surface area contributed by atoms with Crippen molar-refractivity contribution >= 4 is 28.5 Å². The van der Waals surface area contributed by atoms with Crippen molar-refractivity contribution in [2.75, 3.05) is 11.9 Å². The number of carboxylic acid groups (broad SMARTS) is 1. The SMILES string of the molecule is CN1C(=O)[C@]2(C[C@@H]2c2cn(C)c(=O)c3[nH]c(C(=O)O)cc23)c2ccccc21. The number of aromatic amines is 1. The lowest BCUT2D eigenvalue weighted by Gasteiger charge is -2.12. The van der Waals surface area contributed by atoms with E-state index in [2.05, 4.69) is 4.98 Å². The second-order valence-electron chi connectivity index (χ2n) is 7.39. The number of rotatable bonds is 2. The monoisotopic (exact) mass is 363 g/mol. The van der Waals surface area contributed by atoms with E-state index in [1.54, 1.807) is 25.2 Å². The number of aryl methyl sites for hydroxylation is 1. The van der Waals surface area contributed by atoms with Crippen molar-refractivity contribution in [2.24, 2.45) is 7.05 Å². The molecule has 2 aromatic heterocycles. The number of carbonyl (C=O) groups is 2. The highest BCUT2D eigenvalue weighted by molar-refractivity contribution is 6.11.